The van der Waals surface area contributed by atoms with E-state index >= 15 is 4.39 Å². The quantitative estimate of drug-likeness (QED) is 0.227. The minimum Gasteiger partial charge on any atom is -0.489 e. The van der Waals surface area contributed by atoms with Crippen LogP contribution in [0.1, 0.15) is 77.6 Å². The van der Waals surface area contributed by atoms with Crippen LogP contribution in [0, 0.1) is 5.82 Å². The van der Waals surface area contributed by atoms with Gasteiger partial charge >= 0.3 is 12.1 Å². The first-order chi connectivity index (χ1) is 22.0. The van der Waals surface area contributed by atoms with Crippen molar-refractivity contribution < 1.29 is 32.9 Å². The molecule has 254 valence electrons. The number of esters is 1. The fourth-order valence-electron chi connectivity index (χ4n) is 5.67. The molecule has 47 heavy (non-hydrogen) atoms. The smallest absolute Gasteiger partial charge is 0.407 e. The highest BCUT2D eigenvalue weighted by Gasteiger charge is 2.23. The maximum Gasteiger partial charge on any atom is 0.407 e. The molecule has 2 atom stereocenters. The lowest BCUT2D eigenvalue weighted by Crippen LogP contribution is -2.44. The van der Waals surface area contributed by atoms with Crippen LogP contribution in [0.5, 0.6) is 5.75 Å². The average molecular weight is 649 g/mol. The minimum atomic E-state index is -0.657. The van der Waals surface area contributed by atoms with E-state index in [0.717, 1.165) is 29.8 Å². The zero-order valence-corrected chi connectivity index (χ0v) is 28.9. The zero-order chi connectivity index (χ0) is 34.4. The largest absolute Gasteiger partial charge is 0.489 e. The molecule has 1 fully saturated rings. The van der Waals surface area contributed by atoms with Gasteiger partial charge in [0.05, 0.1) is 18.6 Å². The molecule has 3 aromatic rings. The molecule has 1 heterocycles. The molecule has 0 aliphatic carbocycles. The van der Waals surface area contributed by atoms with Crippen molar-refractivity contribution in [3.8, 4) is 16.9 Å². The number of nitrogens with one attached hydrogen (secondary N) is 1. The van der Waals surface area contributed by atoms with Gasteiger partial charge in [-0.15, -0.1) is 0 Å². The molecule has 3 aromatic carbocycles. The van der Waals surface area contributed by atoms with Crippen LogP contribution in [-0.2, 0) is 45.1 Å². The van der Waals surface area contributed by atoms with Gasteiger partial charge in [0.15, 0.2) is 0 Å². The Bertz CT molecular complexity index is 1530. The first-order valence-electron chi connectivity index (χ1n) is 16.2. The third-order valence-corrected chi connectivity index (χ3v) is 7.29. The van der Waals surface area contributed by atoms with Gasteiger partial charge in [0.1, 0.15) is 29.4 Å². The van der Waals surface area contributed by atoms with E-state index < -0.39 is 23.1 Å². The molecule has 1 amide bonds. The maximum absolute atomic E-state index is 16.0. The van der Waals surface area contributed by atoms with Crippen LogP contribution < -0.4 is 10.1 Å². The Balaban J connectivity index is 1.61. The van der Waals surface area contributed by atoms with E-state index in [1.165, 1.54) is 0 Å². The van der Waals surface area contributed by atoms with Gasteiger partial charge in [0.2, 0.25) is 0 Å². The number of alkyl carbamates (subject to hydrolysis) is 1. The second-order valence-electron chi connectivity index (χ2n) is 14.3. The van der Waals surface area contributed by atoms with E-state index in [1.807, 2.05) is 57.2 Å². The Morgan fingerprint density at radius 2 is 1.51 bits per heavy atom. The lowest BCUT2D eigenvalue weighted by Gasteiger charge is -2.35. The van der Waals surface area contributed by atoms with E-state index in [9.17, 15) is 9.59 Å². The summed E-state index contributed by atoms with van der Waals surface area (Å²) in [6, 6.07) is 18.6. The molecule has 1 aliphatic rings. The van der Waals surface area contributed by atoms with Crippen molar-refractivity contribution in [1.82, 2.24) is 10.2 Å². The summed E-state index contributed by atoms with van der Waals surface area (Å²) in [5.74, 6) is -0.158. The summed E-state index contributed by atoms with van der Waals surface area (Å²) < 4.78 is 39.1. The molecular weight excluding hydrogens is 599 g/mol. The summed E-state index contributed by atoms with van der Waals surface area (Å²) in [7, 11) is 0. The average Bonchev–Trinajstić information content (AvgIpc) is 2.93. The number of carbonyl (C=O) groups excluding carboxylic acids is 2. The Morgan fingerprint density at radius 1 is 0.872 bits per heavy atom. The van der Waals surface area contributed by atoms with Crippen LogP contribution in [0.25, 0.3) is 11.1 Å². The predicted molar refractivity (Wildman–Crippen MR) is 181 cm³/mol. The van der Waals surface area contributed by atoms with E-state index in [2.05, 4.69) is 30.1 Å². The number of nitrogens with zero attached hydrogens (tertiary/aromatic N) is 1. The summed E-state index contributed by atoms with van der Waals surface area (Å²) in [5, 5.41) is 2.66. The summed E-state index contributed by atoms with van der Waals surface area (Å²) in [5.41, 5.74) is 2.83. The predicted octanol–water partition coefficient (Wildman–Crippen LogP) is 7.59. The van der Waals surface area contributed by atoms with Gasteiger partial charge in [0, 0.05) is 42.9 Å². The highest BCUT2D eigenvalue weighted by molar-refractivity contribution is 5.74. The zero-order valence-electron chi connectivity index (χ0n) is 28.9. The molecule has 0 saturated carbocycles. The molecule has 0 aromatic heterocycles. The Hall–Kier alpha value is -3.95. The SMILES string of the molecule is C[C@@H]1CN(Cc2cc(COc3ccccc3CC(=O)OC(C)(C)C)cc(-c3cccc(CNC(=O)OC(C)(C)C)c3F)c2)C[C@H](C)O1. The number of para-hydroxylation sites is 1. The summed E-state index contributed by atoms with van der Waals surface area (Å²) in [4.78, 5) is 27.2. The van der Waals surface area contributed by atoms with Crippen molar-refractivity contribution in [3.05, 3.63) is 88.7 Å². The summed E-state index contributed by atoms with van der Waals surface area (Å²) in [6.45, 7) is 17.4. The topological polar surface area (TPSA) is 86.3 Å². The molecule has 9 heteroatoms. The van der Waals surface area contributed by atoms with E-state index in [-0.39, 0.29) is 37.7 Å². The number of hydrogen-bond donors (Lipinski definition) is 1. The lowest BCUT2D eigenvalue weighted by atomic mass is 9.97. The maximum atomic E-state index is 16.0. The van der Waals surface area contributed by atoms with Gasteiger partial charge in [-0.3, -0.25) is 9.69 Å². The van der Waals surface area contributed by atoms with Crippen LogP contribution in [0.4, 0.5) is 9.18 Å². The van der Waals surface area contributed by atoms with Crippen LogP contribution in [-0.4, -0.2) is 53.5 Å². The number of ether oxygens (including phenoxy) is 4. The van der Waals surface area contributed by atoms with Crippen LogP contribution in [0.3, 0.4) is 0 Å². The van der Waals surface area contributed by atoms with Gasteiger partial charge < -0.3 is 24.3 Å². The summed E-state index contributed by atoms with van der Waals surface area (Å²) in [6.07, 6.45) is -0.304. The molecule has 0 bridgehead atoms. The van der Waals surface area contributed by atoms with Crippen molar-refractivity contribution >= 4 is 12.1 Å². The first kappa shape index (κ1) is 35.9. The lowest BCUT2D eigenvalue weighted by molar-refractivity contribution is -0.153. The third-order valence-electron chi connectivity index (χ3n) is 7.29. The number of amides is 1. The molecule has 1 N–H and O–H groups in total. The molecule has 0 unspecified atom stereocenters. The molecule has 1 saturated heterocycles. The van der Waals surface area contributed by atoms with Crippen molar-refractivity contribution in [2.24, 2.45) is 0 Å². The van der Waals surface area contributed by atoms with Crippen molar-refractivity contribution in [2.75, 3.05) is 13.1 Å². The molecule has 1 aliphatic heterocycles. The standard InChI is InChI=1S/C38H49FN2O6/c1-25-21-41(22-26(2)45-25)23-27-16-28(24-44-33-15-10-9-12-29(33)19-34(42)46-37(3,4)5)18-31(17-27)32-14-11-13-30(35(32)39)20-40-36(43)47-38(6,7)8/h9-18,25-26H,19-24H2,1-8H3,(H,40,43)/t25-,26+. The summed E-state index contributed by atoms with van der Waals surface area (Å²) >= 11 is 0. The van der Waals surface area contributed by atoms with Gasteiger partial charge in [-0.2, -0.15) is 0 Å². The fourth-order valence-corrected chi connectivity index (χ4v) is 5.67. The van der Waals surface area contributed by atoms with E-state index in [1.54, 1.807) is 39.0 Å². The van der Waals surface area contributed by atoms with E-state index in [4.69, 9.17) is 18.9 Å². The Morgan fingerprint density at radius 3 is 2.19 bits per heavy atom. The van der Waals surface area contributed by atoms with Gasteiger partial charge in [-0.1, -0.05) is 42.5 Å². The second kappa shape index (κ2) is 15.3. The number of halogens is 1. The van der Waals surface area contributed by atoms with Crippen molar-refractivity contribution in [3.63, 3.8) is 0 Å². The Kier molecular flexibility index (Phi) is 11.7. The highest BCUT2D eigenvalue weighted by Crippen LogP contribution is 2.30. The number of benzene rings is 3. The van der Waals surface area contributed by atoms with Crippen LogP contribution in [0.15, 0.2) is 60.7 Å². The monoisotopic (exact) mass is 648 g/mol. The molecule has 8 nitrogen and oxygen atoms in total. The van der Waals surface area contributed by atoms with Gasteiger partial charge in [-0.05, 0) is 90.3 Å². The molecule has 4 rings (SSSR count). The first-order valence-corrected chi connectivity index (χ1v) is 16.2. The third kappa shape index (κ3) is 11.4. The molecule has 0 radical (unpaired) electrons. The fraction of sp³-hybridized carbons (Fsp3) is 0.474. The number of morpholine rings is 1. The number of hydrogen-bond acceptors (Lipinski definition) is 7. The Labute approximate surface area is 278 Å². The molecular formula is C38H49FN2O6. The number of rotatable bonds is 10. The second-order valence-corrected chi connectivity index (χ2v) is 14.3. The van der Waals surface area contributed by atoms with Crippen LogP contribution >= 0.6 is 0 Å². The minimum absolute atomic E-state index is 0.0117. The van der Waals surface area contributed by atoms with Gasteiger partial charge in [0.25, 0.3) is 0 Å². The van der Waals surface area contributed by atoms with Crippen LogP contribution in [0.2, 0.25) is 0 Å². The molecule has 0 spiro atoms. The van der Waals surface area contributed by atoms with Crippen molar-refractivity contribution in [2.45, 2.75) is 105 Å². The normalized spacial score (nSPS) is 17.2. The van der Waals surface area contributed by atoms with Crippen molar-refractivity contribution in [1.29, 1.82) is 0 Å². The van der Waals surface area contributed by atoms with E-state index in [0.29, 0.717) is 29.0 Å². The number of carbonyl (C=O) groups is 2. The van der Waals surface area contributed by atoms with Gasteiger partial charge in [-0.25, -0.2) is 9.18 Å². The highest BCUT2D eigenvalue weighted by atomic mass is 19.1.